The van der Waals surface area contributed by atoms with Crippen molar-refractivity contribution >= 4 is 11.9 Å². The smallest absolute Gasteiger partial charge is 0.451 e. The minimum absolute atomic E-state index is 0.107. The summed E-state index contributed by atoms with van der Waals surface area (Å²) in [5, 5.41) is 0. The molecule has 1 aliphatic heterocycles. The predicted molar refractivity (Wildman–Crippen MR) is 118 cm³/mol. The van der Waals surface area contributed by atoms with Gasteiger partial charge in [0.05, 0.1) is 17.0 Å². The van der Waals surface area contributed by atoms with Crippen LogP contribution in [0.25, 0.3) is 0 Å². The first-order valence-corrected chi connectivity index (χ1v) is 11.1. The molecule has 1 fully saturated rings. The van der Waals surface area contributed by atoms with Gasteiger partial charge in [0, 0.05) is 31.3 Å². The van der Waals surface area contributed by atoms with Gasteiger partial charge in [0.1, 0.15) is 11.4 Å². The summed E-state index contributed by atoms with van der Waals surface area (Å²) in [4.78, 5) is 42.4. The fraction of sp³-hybridized carbons (Fsp3) is 0.565. The Bertz CT molecular complexity index is 1090. The van der Waals surface area contributed by atoms with Crippen molar-refractivity contribution in [2.24, 2.45) is 0 Å². The molecule has 0 bridgehead atoms. The lowest BCUT2D eigenvalue weighted by atomic mass is 9.89. The van der Waals surface area contributed by atoms with Crippen molar-refractivity contribution in [2.75, 3.05) is 19.7 Å². The van der Waals surface area contributed by atoms with Crippen LogP contribution in [0.15, 0.2) is 12.3 Å². The normalized spacial score (nSPS) is 15.1. The quantitative estimate of drug-likeness (QED) is 0.566. The van der Waals surface area contributed by atoms with E-state index in [-0.39, 0.29) is 17.4 Å². The number of aromatic nitrogens is 4. The zero-order valence-corrected chi connectivity index (χ0v) is 20.3. The second-order valence-corrected chi connectivity index (χ2v) is 9.29. The largest absolute Gasteiger partial charge is 0.469 e. The van der Waals surface area contributed by atoms with E-state index in [1.54, 1.807) is 39.5 Å². The molecule has 0 N–H and O–H groups in total. The second kappa shape index (κ2) is 10.1. The number of ketones is 1. The number of ether oxygens (including phenoxy) is 2. The lowest BCUT2D eigenvalue weighted by molar-refractivity contribution is -0.145. The maximum atomic E-state index is 13.1. The number of piperidine rings is 1. The maximum absolute atomic E-state index is 13.1. The van der Waals surface area contributed by atoms with Gasteiger partial charge in [-0.15, -0.1) is 0 Å². The molecule has 1 saturated heterocycles. The number of nitrogens with zero attached hydrogens (tertiary/aromatic N) is 5. The number of rotatable bonds is 5. The molecule has 3 rings (SSSR count). The summed E-state index contributed by atoms with van der Waals surface area (Å²) in [5.74, 6) is -1.80. The number of carbonyl (C=O) groups excluding carboxylic acids is 2. The number of likely N-dealkylation sites (tertiary alicyclic amines) is 1. The summed E-state index contributed by atoms with van der Waals surface area (Å²) in [7, 11) is 0. The topological polar surface area (TPSA) is 107 Å². The van der Waals surface area contributed by atoms with E-state index in [9.17, 15) is 22.8 Å². The van der Waals surface area contributed by atoms with Crippen LogP contribution in [-0.2, 0) is 10.9 Å². The minimum Gasteiger partial charge on any atom is -0.469 e. The SMILES string of the molecule is Cc1nc(C)c(C(=O)COc2ccnc(C(F)(F)F)n2)c(C2CCN(C(=O)OC(C)(C)C)CC2)n1. The van der Waals surface area contributed by atoms with Gasteiger partial charge in [-0.2, -0.15) is 18.2 Å². The molecule has 0 aromatic carbocycles. The molecule has 190 valence electrons. The molecule has 0 saturated carbocycles. The Labute approximate surface area is 201 Å². The van der Waals surface area contributed by atoms with Crippen molar-refractivity contribution in [3.05, 3.63) is 40.9 Å². The van der Waals surface area contributed by atoms with Gasteiger partial charge in [-0.05, 0) is 47.5 Å². The Morgan fingerprint density at radius 3 is 2.34 bits per heavy atom. The van der Waals surface area contributed by atoms with Gasteiger partial charge < -0.3 is 14.4 Å². The summed E-state index contributed by atoms with van der Waals surface area (Å²) in [6.07, 6.45) is -3.07. The van der Waals surface area contributed by atoms with Crippen molar-refractivity contribution in [3.63, 3.8) is 0 Å². The van der Waals surface area contributed by atoms with Crippen LogP contribution in [-0.4, -0.2) is 62.0 Å². The van der Waals surface area contributed by atoms with Crippen molar-refractivity contribution in [2.45, 2.75) is 65.2 Å². The molecule has 1 aliphatic rings. The number of aryl methyl sites for hydroxylation is 2. The van der Waals surface area contributed by atoms with Crippen LogP contribution in [0, 0.1) is 13.8 Å². The molecule has 35 heavy (non-hydrogen) atoms. The summed E-state index contributed by atoms with van der Waals surface area (Å²) >= 11 is 0. The molecule has 3 heterocycles. The van der Waals surface area contributed by atoms with Crippen molar-refractivity contribution in [3.8, 4) is 5.88 Å². The van der Waals surface area contributed by atoms with Crippen LogP contribution in [0.5, 0.6) is 5.88 Å². The first-order chi connectivity index (χ1) is 16.2. The third-order valence-corrected chi connectivity index (χ3v) is 5.28. The zero-order chi connectivity index (χ0) is 26.0. The standard InChI is InChI=1S/C23H28F3N5O4/c1-13-18(16(32)12-34-17-6-9-27-20(30-17)23(24,25)26)19(29-14(2)28-13)15-7-10-31(11-8-15)21(33)35-22(3,4)5/h6,9,15H,7-8,10-12H2,1-5H3. The average Bonchev–Trinajstić information content (AvgIpc) is 2.75. The van der Waals surface area contributed by atoms with E-state index in [0.29, 0.717) is 43.1 Å². The van der Waals surface area contributed by atoms with E-state index in [1.807, 2.05) is 0 Å². The molecular weight excluding hydrogens is 467 g/mol. The highest BCUT2D eigenvalue weighted by molar-refractivity contribution is 5.99. The van der Waals surface area contributed by atoms with Gasteiger partial charge in [0.2, 0.25) is 17.5 Å². The number of Topliss-reactive ketones (excluding diaryl/α,β-unsaturated/α-hetero) is 1. The first kappa shape index (κ1) is 26.3. The Kier molecular flexibility index (Phi) is 7.61. The highest BCUT2D eigenvalue weighted by Gasteiger charge is 2.35. The molecule has 9 nitrogen and oxygen atoms in total. The van der Waals surface area contributed by atoms with Crippen LogP contribution < -0.4 is 4.74 Å². The van der Waals surface area contributed by atoms with E-state index in [1.165, 1.54) is 0 Å². The second-order valence-electron chi connectivity index (χ2n) is 9.29. The van der Waals surface area contributed by atoms with Crippen molar-refractivity contribution in [1.82, 2.24) is 24.8 Å². The fourth-order valence-electron chi connectivity index (χ4n) is 3.81. The molecule has 0 aliphatic carbocycles. The van der Waals surface area contributed by atoms with Crippen molar-refractivity contribution in [1.29, 1.82) is 0 Å². The monoisotopic (exact) mass is 495 g/mol. The summed E-state index contributed by atoms with van der Waals surface area (Å²) < 4.78 is 49.2. The van der Waals surface area contributed by atoms with Gasteiger partial charge >= 0.3 is 12.3 Å². The van der Waals surface area contributed by atoms with E-state index in [4.69, 9.17) is 9.47 Å². The fourth-order valence-corrected chi connectivity index (χ4v) is 3.81. The van der Waals surface area contributed by atoms with Gasteiger partial charge in [0.15, 0.2) is 6.61 Å². The van der Waals surface area contributed by atoms with Gasteiger partial charge in [-0.3, -0.25) is 4.79 Å². The zero-order valence-electron chi connectivity index (χ0n) is 20.3. The Morgan fingerprint density at radius 1 is 1.09 bits per heavy atom. The average molecular weight is 496 g/mol. The van der Waals surface area contributed by atoms with Gasteiger partial charge in [0.25, 0.3) is 0 Å². The molecular formula is C23H28F3N5O4. The van der Waals surface area contributed by atoms with Crippen LogP contribution in [0.1, 0.15) is 72.9 Å². The molecule has 0 spiro atoms. The number of halogens is 3. The number of amides is 1. The predicted octanol–water partition coefficient (Wildman–Crippen LogP) is 4.28. The molecule has 0 radical (unpaired) electrons. The lowest BCUT2D eigenvalue weighted by Gasteiger charge is -2.33. The van der Waals surface area contributed by atoms with E-state index in [0.717, 1.165) is 12.3 Å². The summed E-state index contributed by atoms with van der Waals surface area (Å²) in [5.41, 5.74) is 0.677. The number of hydrogen-bond donors (Lipinski definition) is 0. The van der Waals surface area contributed by atoms with Crippen LogP contribution in [0.3, 0.4) is 0 Å². The molecule has 1 amide bonds. The molecule has 0 atom stereocenters. The molecule has 2 aromatic rings. The number of carbonyl (C=O) groups is 2. The minimum atomic E-state index is -4.73. The number of alkyl halides is 3. The maximum Gasteiger partial charge on any atom is 0.451 e. The summed E-state index contributed by atoms with van der Waals surface area (Å²) in [6.45, 7) is 9.13. The van der Waals surface area contributed by atoms with Gasteiger partial charge in [-0.25, -0.2) is 19.7 Å². The highest BCUT2D eigenvalue weighted by Crippen LogP contribution is 2.31. The van der Waals surface area contributed by atoms with Crippen LogP contribution >= 0.6 is 0 Å². The van der Waals surface area contributed by atoms with Crippen molar-refractivity contribution < 1.29 is 32.2 Å². The lowest BCUT2D eigenvalue weighted by Crippen LogP contribution is -2.41. The van der Waals surface area contributed by atoms with Gasteiger partial charge in [-0.1, -0.05) is 0 Å². The van der Waals surface area contributed by atoms with Crippen LogP contribution in [0.4, 0.5) is 18.0 Å². The highest BCUT2D eigenvalue weighted by atomic mass is 19.4. The first-order valence-electron chi connectivity index (χ1n) is 11.1. The Morgan fingerprint density at radius 2 is 1.74 bits per heavy atom. The van der Waals surface area contributed by atoms with Crippen LogP contribution in [0.2, 0.25) is 0 Å². The third-order valence-electron chi connectivity index (χ3n) is 5.28. The summed E-state index contributed by atoms with van der Waals surface area (Å²) in [6, 6.07) is 1.15. The molecule has 2 aromatic heterocycles. The van der Waals surface area contributed by atoms with E-state index in [2.05, 4.69) is 19.9 Å². The third kappa shape index (κ3) is 6.86. The number of hydrogen-bond acceptors (Lipinski definition) is 8. The Hall–Kier alpha value is -3.31. The van der Waals surface area contributed by atoms with E-state index < -0.39 is 36.1 Å². The molecule has 12 heteroatoms. The Balaban J connectivity index is 1.74. The molecule has 0 unspecified atom stereocenters. The van der Waals surface area contributed by atoms with E-state index >= 15 is 0 Å².